The zero-order valence-corrected chi connectivity index (χ0v) is 6.45. The van der Waals surface area contributed by atoms with Gasteiger partial charge in [0, 0.05) is 37.6 Å². The average Bonchev–Trinajstić information content (AvgIpc) is 1.00. The van der Waals surface area contributed by atoms with Crippen LogP contribution in [-0.2, 0) is 37.6 Å². The number of rotatable bonds is 0. The molecule has 0 rings (SSSR count). The van der Waals surface area contributed by atoms with Crippen molar-refractivity contribution in [2.75, 3.05) is 0 Å². The van der Waals surface area contributed by atoms with Crippen LogP contribution in [0.5, 0.6) is 0 Å². The molecule has 0 saturated heterocycles. The van der Waals surface area contributed by atoms with Crippen LogP contribution in [0.3, 0.4) is 0 Å². The first-order valence-electron chi connectivity index (χ1n) is 0.577. The summed E-state index contributed by atoms with van der Waals surface area (Å²) >= 11 is 0. The van der Waals surface area contributed by atoms with E-state index in [2.05, 4.69) is 9.12 Å². The third-order valence-corrected chi connectivity index (χ3v) is 0. The van der Waals surface area contributed by atoms with Gasteiger partial charge in [0.15, 0.2) is 0 Å². The van der Waals surface area contributed by atoms with E-state index in [1.165, 1.54) is 0 Å². The Kier molecular flexibility index (Phi) is 97.4. The van der Waals surface area contributed by atoms with Crippen molar-refractivity contribution < 1.29 is 37.6 Å². The van der Waals surface area contributed by atoms with Crippen molar-refractivity contribution >= 4 is 16.7 Å². The minimum atomic E-state index is 0. The van der Waals surface area contributed by atoms with Crippen LogP contribution in [0.2, 0.25) is 0 Å². The van der Waals surface area contributed by atoms with Crippen LogP contribution in [0.15, 0.2) is 0 Å². The predicted molar refractivity (Wildman–Crippen MR) is 18.3 cm³/mol. The van der Waals surface area contributed by atoms with Crippen LogP contribution in [0, 0.1) is 0 Å². The average molecular weight is 200 g/mol. The van der Waals surface area contributed by atoms with E-state index in [1.807, 2.05) is 7.57 Å². The molecule has 1 unspecified atom stereocenters. The zero-order chi connectivity index (χ0) is 2.00. The summed E-state index contributed by atoms with van der Waals surface area (Å²) in [5, 5.41) is 0. The Labute approximate surface area is 54.2 Å². The Balaban J connectivity index is -0.00000000500. The Hall–Kier alpha value is 1.68. The normalized spacial score (nSPS) is 1.25. The SMILES string of the molecule is BP.[Mo].[Ni]. The Morgan fingerprint density at radius 1 is 1.25 bits per heavy atom. The van der Waals surface area contributed by atoms with Crippen molar-refractivity contribution in [3.63, 3.8) is 0 Å². The van der Waals surface area contributed by atoms with Crippen LogP contribution in [0.25, 0.3) is 0 Å². The van der Waals surface area contributed by atoms with Crippen LogP contribution < -0.4 is 0 Å². The summed E-state index contributed by atoms with van der Waals surface area (Å²) in [6.07, 6.45) is 0. The molecule has 0 amide bonds. The van der Waals surface area contributed by atoms with Crippen LogP contribution in [-0.4, -0.2) is 7.57 Å². The maximum atomic E-state index is 2.42. The van der Waals surface area contributed by atoms with Crippen molar-refractivity contribution in [3.8, 4) is 0 Å². The van der Waals surface area contributed by atoms with E-state index in [0.29, 0.717) is 0 Å². The summed E-state index contributed by atoms with van der Waals surface area (Å²) in [6.45, 7) is 0. The van der Waals surface area contributed by atoms with Crippen molar-refractivity contribution in [2.45, 2.75) is 0 Å². The molecule has 4 heavy (non-hydrogen) atoms. The topological polar surface area (TPSA) is 0 Å². The molecule has 0 aliphatic heterocycles. The number of hydrogen-bond donors (Lipinski definition) is 0. The molecular formula is H4BMoNiP. The van der Waals surface area contributed by atoms with E-state index in [1.54, 1.807) is 0 Å². The minimum Gasteiger partial charge on any atom is -0.179 e. The molecule has 0 heterocycles. The number of hydrogen-bond acceptors (Lipinski definition) is 0. The van der Waals surface area contributed by atoms with Gasteiger partial charge >= 0.3 is 0 Å². The first kappa shape index (κ1) is 17.3. The van der Waals surface area contributed by atoms with Gasteiger partial charge in [-0.3, -0.25) is 0 Å². The van der Waals surface area contributed by atoms with Crippen LogP contribution in [0.1, 0.15) is 0 Å². The van der Waals surface area contributed by atoms with Gasteiger partial charge in [0.2, 0.25) is 0 Å². The summed E-state index contributed by atoms with van der Waals surface area (Å²) in [6, 6.07) is 0. The van der Waals surface area contributed by atoms with Gasteiger partial charge in [-0.15, -0.1) is 0 Å². The largest absolute Gasteiger partial charge is 0.179 e. The van der Waals surface area contributed by atoms with Gasteiger partial charge in [0.1, 0.15) is 7.57 Å². The Morgan fingerprint density at radius 3 is 1.25 bits per heavy atom. The predicted octanol–water partition coefficient (Wildman–Crippen LogP) is -0.595. The molecule has 0 radical (unpaired) electrons. The van der Waals surface area contributed by atoms with Gasteiger partial charge in [-0.25, -0.2) is 0 Å². The molecule has 0 aromatic rings. The summed E-state index contributed by atoms with van der Waals surface area (Å²) in [7, 11) is 4.33. The third kappa shape index (κ3) is 9.37. The smallest absolute Gasteiger partial charge is 0.126 e. The van der Waals surface area contributed by atoms with E-state index < -0.39 is 0 Å². The first-order chi connectivity index (χ1) is 1.00. The van der Waals surface area contributed by atoms with Crippen LogP contribution in [0.4, 0.5) is 0 Å². The molecule has 1 atom stereocenters. The fourth-order valence-corrected chi connectivity index (χ4v) is 0. The second-order valence-electron chi connectivity index (χ2n) is 0. The molecular weight excluding hydrogens is 196 g/mol. The van der Waals surface area contributed by atoms with Gasteiger partial charge in [0.25, 0.3) is 0 Å². The molecule has 28 valence electrons. The van der Waals surface area contributed by atoms with Crippen molar-refractivity contribution in [1.82, 2.24) is 0 Å². The van der Waals surface area contributed by atoms with Crippen molar-refractivity contribution in [3.05, 3.63) is 0 Å². The molecule has 0 aromatic carbocycles. The summed E-state index contributed by atoms with van der Waals surface area (Å²) in [4.78, 5) is 0. The second-order valence-corrected chi connectivity index (χ2v) is 0. The molecule has 0 aromatic heterocycles. The van der Waals surface area contributed by atoms with E-state index in [0.717, 1.165) is 0 Å². The molecule has 0 fully saturated rings. The molecule has 0 bridgehead atoms. The van der Waals surface area contributed by atoms with E-state index in [9.17, 15) is 0 Å². The fraction of sp³-hybridized carbons (Fsp3) is 0. The molecule has 0 aliphatic carbocycles. The van der Waals surface area contributed by atoms with Crippen molar-refractivity contribution in [1.29, 1.82) is 0 Å². The van der Waals surface area contributed by atoms with E-state index in [4.69, 9.17) is 0 Å². The van der Waals surface area contributed by atoms with Gasteiger partial charge in [-0.1, -0.05) is 0 Å². The Bertz CT molecular complexity index is 8.00. The van der Waals surface area contributed by atoms with Crippen molar-refractivity contribution in [2.24, 2.45) is 0 Å². The molecule has 0 nitrogen and oxygen atoms in total. The molecule has 4 heteroatoms. The monoisotopic (exact) mass is 202 g/mol. The Morgan fingerprint density at radius 2 is 1.25 bits per heavy atom. The summed E-state index contributed by atoms with van der Waals surface area (Å²) in [5.41, 5.74) is 0. The standard InChI is InChI=1S/BH4P.Mo.Ni/c1-2;;/h1-2H2;;. The minimum absolute atomic E-state index is 0. The maximum Gasteiger partial charge on any atom is 0.126 e. The molecule has 0 aliphatic rings. The summed E-state index contributed by atoms with van der Waals surface area (Å²) in [5.74, 6) is 0. The fourth-order valence-electron chi connectivity index (χ4n) is 0. The zero-order valence-electron chi connectivity index (χ0n) is 2.30. The second kappa shape index (κ2) is 22.5. The molecule has 0 spiro atoms. The maximum absolute atomic E-state index is 2.42. The molecule has 0 saturated carbocycles. The van der Waals surface area contributed by atoms with E-state index >= 15 is 0 Å². The van der Waals surface area contributed by atoms with Gasteiger partial charge in [-0.05, 0) is 0 Å². The quantitative estimate of drug-likeness (QED) is 0.362. The molecule has 0 N–H and O–H groups in total. The van der Waals surface area contributed by atoms with Gasteiger partial charge < -0.3 is 0 Å². The first-order valence-corrected chi connectivity index (χ1v) is 1.73. The van der Waals surface area contributed by atoms with E-state index in [-0.39, 0.29) is 37.6 Å². The van der Waals surface area contributed by atoms with Gasteiger partial charge in [0.05, 0.1) is 0 Å². The van der Waals surface area contributed by atoms with Crippen LogP contribution >= 0.6 is 9.12 Å². The third-order valence-electron chi connectivity index (χ3n) is 0. The van der Waals surface area contributed by atoms with Gasteiger partial charge in [-0.2, -0.15) is 9.12 Å². The summed E-state index contributed by atoms with van der Waals surface area (Å²) < 4.78 is 0.